The zero-order chi connectivity index (χ0) is 35.8. The number of amides is 2. The number of carbonyl (C=O) groups is 2. The molecule has 2 unspecified atom stereocenters. The Balaban J connectivity index is 3.11. The molecule has 2 aromatic carbocycles. The summed E-state index contributed by atoms with van der Waals surface area (Å²) in [5, 5.41) is 34.2. The van der Waals surface area contributed by atoms with Gasteiger partial charge in [-0.05, 0) is 70.8 Å². The minimum Gasteiger partial charge on any atom is -0.444 e. The van der Waals surface area contributed by atoms with Gasteiger partial charge >= 0.3 is 12.2 Å². The highest BCUT2D eigenvalue weighted by Crippen LogP contribution is 2.45. The molecule has 4 atom stereocenters. The maximum absolute atomic E-state index is 14.8. The molecule has 0 aliphatic heterocycles. The largest absolute Gasteiger partial charge is 0.444 e. The first-order valence-electron chi connectivity index (χ1n) is 15.8. The lowest BCUT2D eigenvalue weighted by atomic mass is 9.89. The molecule has 0 aromatic heterocycles. The first kappa shape index (κ1) is 39.3. The third kappa shape index (κ3) is 11.1. The van der Waals surface area contributed by atoms with E-state index in [9.17, 15) is 25.2 Å². The number of nitrogens with zero attached hydrogens (tertiary/aromatic N) is 3. The van der Waals surface area contributed by atoms with Crippen molar-refractivity contribution in [3.8, 4) is 12.1 Å². The first-order valence-corrected chi connectivity index (χ1v) is 18.7. The van der Waals surface area contributed by atoms with Gasteiger partial charge in [-0.2, -0.15) is 10.5 Å². The Morgan fingerprint density at radius 3 is 1.83 bits per heavy atom. The molecular weight excluding hydrogens is 613 g/mol. The van der Waals surface area contributed by atoms with Crippen LogP contribution in [0.1, 0.15) is 85.9 Å². The number of rotatable bonds is 11. The highest BCUT2D eigenvalue weighted by atomic mass is 28.4. The molecule has 2 N–H and O–H groups in total. The summed E-state index contributed by atoms with van der Waals surface area (Å²) in [6.07, 6.45) is -3.79. The van der Waals surface area contributed by atoms with Crippen LogP contribution < -0.4 is 5.32 Å². The Labute approximate surface area is 281 Å². The van der Waals surface area contributed by atoms with Gasteiger partial charge in [-0.25, -0.2) is 9.59 Å². The fourth-order valence-corrected chi connectivity index (χ4v) is 6.39. The van der Waals surface area contributed by atoms with E-state index in [0.717, 1.165) is 5.56 Å². The topological polar surface area (TPSA) is 145 Å². The van der Waals surface area contributed by atoms with Gasteiger partial charge in [0.2, 0.25) is 0 Å². The van der Waals surface area contributed by atoms with Crippen molar-refractivity contribution in [3.05, 3.63) is 71.8 Å². The predicted molar refractivity (Wildman–Crippen MR) is 183 cm³/mol. The number of benzene rings is 2. The second kappa shape index (κ2) is 15.3. The first-order chi connectivity index (χ1) is 21.6. The lowest BCUT2D eigenvalue weighted by Crippen LogP contribution is -2.66. The third-order valence-electron chi connectivity index (χ3n) is 7.87. The van der Waals surface area contributed by atoms with E-state index in [1.807, 2.05) is 49.5 Å². The van der Waals surface area contributed by atoms with Crippen LogP contribution in [0.4, 0.5) is 9.59 Å². The smallest absolute Gasteiger partial charge is 0.413 e. The molecule has 0 spiro atoms. The number of aliphatic hydroxyl groups excluding tert-OH is 1. The van der Waals surface area contributed by atoms with Crippen LogP contribution in [0.2, 0.25) is 18.1 Å². The van der Waals surface area contributed by atoms with Gasteiger partial charge in [0.15, 0.2) is 20.1 Å². The molecule has 2 aromatic rings. The molecule has 0 heterocycles. The van der Waals surface area contributed by atoms with Crippen molar-refractivity contribution in [2.45, 2.75) is 128 Å². The van der Waals surface area contributed by atoms with Crippen LogP contribution in [0.5, 0.6) is 0 Å². The fraction of sp³-hybridized carbons (Fsp3) is 0.556. The SMILES string of the molecule is CC(C)(C)OC(=O)N[C@H](C(O)C#N)C(c1ccccc1)N(C(=O)OC(C)(C)C)[C@@](CC#N)(Cc1ccccc1)O[Si](C)(C)C(C)(C)C. The molecule has 0 radical (unpaired) electrons. The average Bonchev–Trinajstić information content (AvgIpc) is 2.92. The highest BCUT2D eigenvalue weighted by molar-refractivity contribution is 6.74. The van der Waals surface area contributed by atoms with Crippen LogP contribution in [-0.2, 0) is 20.3 Å². The number of hydrogen-bond donors (Lipinski definition) is 2. The van der Waals surface area contributed by atoms with Crippen LogP contribution in [0.25, 0.3) is 0 Å². The van der Waals surface area contributed by atoms with E-state index < -0.39 is 55.6 Å². The number of nitrogens with one attached hydrogen (secondary N) is 1. The van der Waals surface area contributed by atoms with Gasteiger partial charge in [-0.3, -0.25) is 4.90 Å². The Hall–Kier alpha value is -3.90. The van der Waals surface area contributed by atoms with Gasteiger partial charge in [0, 0.05) is 6.42 Å². The minimum atomic E-state index is -2.82. The van der Waals surface area contributed by atoms with Gasteiger partial charge < -0.3 is 24.3 Å². The van der Waals surface area contributed by atoms with Crippen LogP contribution >= 0.6 is 0 Å². The normalized spacial score (nSPS) is 15.5. The minimum absolute atomic E-state index is 0.0678. The van der Waals surface area contributed by atoms with Crippen molar-refractivity contribution < 1.29 is 28.6 Å². The number of nitriles is 2. The molecule has 256 valence electrons. The zero-order valence-corrected chi connectivity index (χ0v) is 30.7. The second-order valence-electron chi connectivity index (χ2n) is 15.3. The Morgan fingerprint density at radius 1 is 0.872 bits per heavy atom. The Morgan fingerprint density at radius 2 is 1.38 bits per heavy atom. The van der Waals surface area contributed by atoms with Crippen LogP contribution in [-0.4, -0.2) is 59.6 Å². The molecule has 2 amide bonds. The molecule has 0 saturated carbocycles. The molecule has 0 bridgehead atoms. The number of alkyl carbamates (subject to hydrolysis) is 1. The number of hydrogen-bond acceptors (Lipinski definition) is 8. The average molecular weight is 665 g/mol. The molecule has 10 nitrogen and oxygen atoms in total. The van der Waals surface area contributed by atoms with Crippen molar-refractivity contribution in [3.63, 3.8) is 0 Å². The lowest BCUT2D eigenvalue weighted by molar-refractivity contribution is -0.121. The van der Waals surface area contributed by atoms with Crippen molar-refractivity contribution >= 4 is 20.5 Å². The summed E-state index contributed by atoms with van der Waals surface area (Å²) in [6, 6.07) is 19.5. The molecule has 0 fully saturated rings. The highest BCUT2D eigenvalue weighted by Gasteiger charge is 2.55. The van der Waals surface area contributed by atoms with Gasteiger partial charge in [0.25, 0.3) is 0 Å². The van der Waals surface area contributed by atoms with Crippen molar-refractivity contribution in [1.82, 2.24) is 10.2 Å². The Bertz CT molecular complexity index is 1420. The standard InChI is InChI=1S/C36H52N4O6Si/c1-33(2,3)44-31(42)39-29(28(41)25-38)30(27-20-16-13-17-21-27)40(32(43)45-34(4,5)6)36(22-23-37,24-26-18-14-12-15-19-26)46-47(10,11)35(7,8)9/h12-21,28-30,41H,22,24H2,1-11H3,(H,39,42)/t28?,29-,30?,36-/m1/s1. The van der Waals surface area contributed by atoms with Crippen LogP contribution in [0.15, 0.2) is 60.7 Å². The van der Waals surface area contributed by atoms with Gasteiger partial charge in [0.05, 0.1) is 30.6 Å². The van der Waals surface area contributed by atoms with E-state index in [1.165, 1.54) is 4.90 Å². The van der Waals surface area contributed by atoms with Gasteiger partial charge in [0.1, 0.15) is 11.2 Å². The predicted octanol–water partition coefficient (Wildman–Crippen LogP) is 7.62. The zero-order valence-electron chi connectivity index (χ0n) is 29.7. The van der Waals surface area contributed by atoms with E-state index >= 15 is 0 Å². The van der Waals surface area contributed by atoms with E-state index in [2.05, 4.69) is 32.2 Å². The summed E-state index contributed by atoms with van der Waals surface area (Å²) >= 11 is 0. The second-order valence-corrected chi connectivity index (χ2v) is 20.0. The molecular formula is C36H52N4O6Si. The van der Waals surface area contributed by atoms with Gasteiger partial charge in [-0.15, -0.1) is 0 Å². The van der Waals surface area contributed by atoms with E-state index in [-0.39, 0.29) is 17.9 Å². The molecule has 2 rings (SSSR count). The van der Waals surface area contributed by atoms with Gasteiger partial charge in [-0.1, -0.05) is 81.4 Å². The molecule has 11 heteroatoms. The summed E-state index contributed by atoms with van der Waals surface area (Å²) < 4.78 is 18.8. The molecule has 0 saturated heterocycles. The third-order valence-corrected chi connectivity index (χ3v) is 12.4. The summed E-state index contributed by atoms with van der Waals surface area (Å²) in [5.74, 6) is 0. The monoisotopic (exact) mass is 664 g/mol. The van der Waals surface area contributed by atoms with Crippen molar-refractivity contribution in [1.29, 1.82) is 10.5 Å². The maximum Gasteiger partial charge on any atom is 0.413 e. The number of aliphatic hydroxyl groups is 1. The van der Waals surface area contributed by atoms with E-state index in [0.29, 0.717) is 5.56 Å². The lowest BCUT2D eigenvalue weighted by Gasteiger charge is -2.53. The van der Waals surface area contributed by atoms with Crippen molar-refractivity contribution in [2.24, 2.45) is 0 Å². The summed E-state index contributed by atoms with van der Waals surface area (Å²) in [4.78, 5) is 29.4. The quantitative estimate of drug-likeness (QED) is 0.142. The fourth-order valence-electron chi connectivity index (χ4n) is 4.89. The summed E-state index contributed by atoms with van der Waals surface area (Å²) in [7, 11) is -2.82. The molecule has 0 aliphatic rings. The Kier molecular flexibility index (Phi) is 12.8. The summed E-state index contributed by atoms with van der Waals surface area (Å²) in [6.45, 7) is 20.4. The molecule has 0 aliphatic carbocycles. The maximum atomic E-state index is 14.8. The van der Waals surface area contributed by atoms with Crippen LogP contribution in [0, 0.1) is 22.7 Å². The van der Waals surface area contributed by atoms with Crippen molar-refractivity contribution in [2.75, 3.05) is 0 Å². The van der Waals surface area contributed by atoms with Crippen LogP contribution in [0.3, 0.4) is 0 Å². The number of carbonyl (C=O) groups excluding carboxylic acids is 2. The van der Waals surface area contributed by atoms with E-state index in [4.69, 9.17) is 13.9 Å². The molecule has 47 heavy (non-hydrogen) atoms. The summed E-state index contributed by atoms with van der Waals surface area (Å²) in [5.41, 5.74) is -2.34. The number of ether oxygens (including phenoxy) is 2. The van der Waals surface area contributed by atoms with E-state index in [1.54, 1.807) is 71.9 Å².